The van der Waals surface area contributed by atoms with Crippen LogP contribution in [0.15, 0.2) is 0 Å². The lowest BCUT2D eigenvalue weighted by atomic mass is 10.2. The average molecular weight is 162 g/mol. The first-order valence-electron chi connectivity index (χ1n) is 2.95. The first kappa shape index (κ1) is 9.70. The summed E-state index contributed by atoms with van der Waals surface area (Å²) >= 11 is 0. The van der Waals surface area contributed by atoms with Gasteiger partial charge in [-0.05, 0) is 0 Å². The number of primary amides is 1. The van der Waals surface area contributed by atoms with E-state index in [9.17, 15) is 9.59 Å². The molecule has 64 valence electrons. The number of nitrogens with one attached hydrogen (secondary N) is 1. The van der Waals surface area contributed by atoms with E-state index >= 15 is 0 Å². The molecule has 11 heavy (non-hydrogen) atoms. The van der Waals surface area contributed by atoms with Gasteiger partial charge in [0.15, 0.2) is 0 Å². The van der Waals surface area contributed by atoms with Crippen molar-refractivity contribution in [1.29, 1.82) is 0 Å². The quantitative estimate of drug-likeness (QED) is 0.402. The highest BCUT2D eigenvalue weighted by Gasteiger charge is 2.08. The van der Waals surface area contributed by atoms with Crippen LogP contribution in [0.2, 0.25) is 0 Å². The SMILES string of the molecule is NC(=O)C[C@H](O)CNC(=O)O. The van der Waals surface area contributed by atoms with E-state index in [2.05, 4.69) is 0 Å². The monoisotopic (exact) mass is 162 g/mol. The van der Waals surface area contributed by atoms with E-state index in [4.69, 9.17) is 15.9 Å². The van der Waals surface area contributed by atoms with Crippen molar-refractivity contribution in [3.63, 3.8) is 0 Å². The van der Waals surface area contributed by atoms with Crippen molar-refractivity contribution >= 4 is 12.0 Å². The van der Waals surface area contributed by atoms with Crippen molar-refractivity contribution in [2.75, 3.05) is 6.54 Å². The molecule has 0 bridgehead atoms. The fourth-order valence-electron chi connectivity index (χ4n) is 0.510. The number of hydrogen-bond donors (Lipinski definition) is 4. The van der Waals surface area contributed by atoms with Crippen LogP contribution >= 0.6 is 0 Å². The molecule has 6 nitrogen and oxygen atoms in total. The molecule has 0 fully saturated rings. The van der Waals surface area contributed by atoms with Gasteiger partial charge >= 0.3 is 6.09 Å². The Morgan fingerprint density at radius 3 is 2.45 bits per heavy atom. The maximum atomic E-state index is 10.1. The van der Waals surface area contributed by atoms with E-state index in [0.29, 0.717) is 0 Å². The molecular weight excluding hydrogens is 152 g/mol. The molecule has 0 unspecified atom stereocenters. The lowest BCUT2D eigenvalue weighted by Gasteiger charge is -2.06. The first-order chi connectivity index (χ1) is 5.02. The Labute approximate surface area is 63.0 Å². The van der Waals surface area contributed by atoms with Gasteiger partial charge < -0.3 is 21.3 Å². The van der Waals surface area contributed by atoms with Crippen molar-refractivity contribution in [3.05, 3.63) is 0 Å². The molecule has 2 amide bonds. The number of hydrogen-bond acceptors (Lipinski definition) is 3. The van der Waals surface area contributed by atoms with Crippen molar-refractivity contribution in [1.82, 2.24) is 5.32 Å². The third-order valence-corrected chi connectivity index (χ3v) is 0.926. The molecule has 6 heteroatoms. The standard InChI is InChI=1S/C5H10N2O4/c6-4(9)1-3(8)2-7-5(10)11/h3,7-8H,1-2H2,(H2,6,9)(H,10,11)/t3-/m0/s1. The van der Waals surface area contributed by atoms with Gasteiger partial charge in [-0.2, -0.15) is 0 Å². The van der Waals surface area contributed by atoms with Crippen molar-refractivity contribution in [2.45, 2.75) is 12.5 Å². The molecule has 0 saturated carbocycles. The van der Waals surface area contributed by atoms with Crippen molar-refractivity contribution in [2.24, 2.45) is 5.73 Å². The first-order valence-corrected chi connectivity index (χ1v) is 2.95. The predicted molar refractivity (Wildman–Crippen MR) is 35.8 cm³/mol. The maximum Gasteiger partial charge on any atom is 0.404 e. The second-order valence-electron chi connectivity index (χ2n) is 2.01. The van der Waals surface area contributed by atoms with E-state index < -0.39 is 18.1 Å². The molecule has 0 heterocycles. The second kappa shape index (κ2) is 4.51. The summed E-state index contributed by atoms with van der Waals surface area (Å²) in [6.45, 7) is -0.182. The zero-order valence-electron chi connectivity index (χ0n) is 5.78. The maximum absolute atomic E-state index is 10.1. The summed E-state index contributed by atoms with van der Waals surface area (Å²) in [5.74, 6) is -0.662. The zero-order chi connectivity index (χ0) is 8.85. The topological polar surface area (TPSA) is 113 Å². The molecule has 0 aliphatic heterocycles. The number of carbonyl (C=O) groups excluding carboxylic acids is 1. The van der Waals surface area contributed by atoms with Crippen LogP contribution in [0.3, 0.4) is 0 Å². The summed E-state index contributed by atoms with van der Waals surface area (Å²) in [6.07, 6.45) is -2.52. The van der Waals surface area contributed by atoms with E-state index in [1.165, 1.54) is 0 Å². The Kier molecular flexibility index (Phi) is 3.97. The Bertz CT molecular complexity index is 159. The lowest BCUT2D eigenvalue weighted by Crippen LogP contribution is -2.33. The highest BCUT2D eigenvalue weighted by Crippen LogP contribution is 1.86. The molecule has 0 spiro atoms. The van der Waals surface area contributed by atoms with Crippen molar-refractivity contribution < 1.29 is 19.8 Å². The molecule has 0 aromatic heterocycles. The average Bonchev–Trinajstić information content (AvgIpc) is 1.82. The fourth-order valence-corrected chi connectivity index (χ4v) is 0.510. The van der Waals surface area contributed by atoms with Crippen LogP contribution in [0.25, 0.3) is 0 Å². The van der Waals surface area contributed by atoms with E-state index in [0.717, 1.165) is 0 Å². The molecule has 5 N–H and O–H groups in total. The third-order valence-electron chi connectivity index (χ3n) is 0.926. The van der Waals surface area contributed by atoms with Gasteiger partial charge in [-0.1, -0.05) is 0 Å². The summed E-state index contributed by atoms with van der Waals surface area (Å²) < 4.78 is 0. The summed E-state index contributed by atoms with van der Waals surface area (Å²) in [6, 6.07) is 0. The van der Waals surface area contributed by atoms with Crippen molar-refractivity contribution in [3.8, 4) is 0 Å². The van der Waals surface area contributed by atoms with E-state index in [-0.39, 0.29) is 13.0 Å². The Morgan fingerprint density at radius 1 is 1.55 bits per heavy atom. The zero-order valence-corrected chi connectivity index (χ0v) is 5.78. The number of carbonyl (C=O) groups is 2. The van der Waals surface area contributed by atoms with Gasteiger partial charge in [-0.15, -0.1) is 0 Å². The van der Waals surface area contributed by atoms with Gasteiger partial charge in [-0.25, -0.2) is 4.79 Å². The fraction of sp³-hybridized carbons (Fsp3) is 0.600. The third kappa shape index (κ3) is 6.59. The number of aliphatic hydroxyl groups excluding tert-OH is 1. The van der Waals surface area contributed by atoms with E-state index in [1.807, 2.05) is 5.32 Å². The number of nitrogens with two attached hydrogens (primary N) is 1. The largest absolute Gasteiger partial charge is 0.465 e. The van der Waals surface area contributed by atoms with Crippen LogP contribution in [-0.4, -0.2) is 34.9 Å². The molecule has 0 aliphatic carbocycles. The Hall–Kier alpha value is -1.30. The van der Waals surface area contributed by atoms with Crippen LogP contribution in [-0.2, 0) is 4.79 Å². The summed E-state index contributed by atoms with van der Waals surface area (Å²) in [7, 11) is 0. The molecular formula is C5H10N2O4. The number of carboxylic acid groups (broad SMARTS) is 1. The van der Waals surface area contributed by atoms with Crippen LogP contribution in [0.4, 0.5) is 4.79 Å². The van der Waals surface area contributed by atoms with Gasteiger partial charge in [0.2, 0.25) is 5.91 Å². The van der Waals surface area contributed by atoms with Gasteiger partial charge in [0.25, 0.3) is 0 Å². The van der Waals surface area contributed by atoms with Gasteiger partial charge in [0.05, 0.1) is 12.5 Å². The van der Waals surface area contributed by atoms with E-state index in [1.54, 1.807) is 0 Å². The van der Waals surface area contributed by atoms with Gasteiger partial charge in [-0.3, -0.25) is 4.79 Å². The molecule has 0 aliphatic rings. The van der Waals surface area contributed by atoms with Crippen LogP contribution < -0.4 is 11.1 Å². The smallest absolute Gasteiger partial charge is 0.404 e. The highest BCUT2D eigenvalue weighted by atomic mass is 16.4. The highest BCUT2D eigenvalue weighted by molar-refractivity contribution is 5.74. The van der Waals surface area contributed by atoms with Crippen LogP contribution in [0.5, 0.6) is 0 Å². The number of aliphatic hydroxyl groups is 1. The molecule has 0 saturated heterocycles. The van der Waals surface area contributed by atoms with Crippen LogP contribution in [0.1, 0.15) is 6.42 Å². The summed E-state index contributed by atoms with van der Waals surface area (Å²) in [5, 5.41) is 18.8. The van der Waals surface area contributed by atoms with Crippen LogP contribution in [0, 0.1) is 0 Å². The number of amides is 2. The molecule has 0 rings (SSSR count). The minimum absolute atomic E-state index is 0.182. The Balaban J connectivity index is 3.44. The minimum atomic E-state index is -1.24. The Morgan fingerprint density at radius 2 is 2.09 bits per heavy atom. The molecule has 0 radical (unpaired) electrons. The summed E-state index contributed by atoms with van der Waals surface area (Å²) in [5.41, 5.74) is 4.73. The normalized spacial score (nSPS) is 12.1. The molecule has 1 atom stereocenters. The van der Waals surface area contributed by atoms with Gasteiger partial charge in [0.1, 0.15) is 0 Å². The molecule has 0 aromatic rings. The molecule has 0 aromatic carbocycles. The lowest BCUT2D eigenvalue weighted by molar-refractivity contribution is -0.119. The second-order valence-corrected chi connectivity index (χ2v) is 2.01. The summed E-state index contributed by atoms with van der Waals surface area (Å²) in [4.78, 5) is 20.0. The minimum Gasteiger partial charge on any atom is -0.465 e. The number of rotatable bonds is 4. The van der Waals surface area contributed by atoms with Gasteiger partial charge in [0, 0.05) is 6.54 Å². The predicted octanol–water partition coefficient (Wildman–Crippen LogP) is -1.51.